The Morgan fingerprint density at radius 1 is 1.07 bits per heavy atom. The number of imide groups is 1. The Balaban J connectivity index is 1.36. The van der Waals surface area contributed by atoms with Crippen LogP contribution in [0.2, 0.25) is 0 Å². The van der Waals surface area contributed by atoms with Crippen LogP contribution in [0.15, 0.2) is 65.1 Å². The minimum absolute atomic E-state index is 0.253. The highest BCUT2D eigenvalue weighted by Gasteiger charge is 2.40. The van der Waals surface area contributed by atoms with E-state index >= 15 is 0 Å². The lowest BCUT2D eigenvalue weighted by molar-refractivity contribution is -0.134. The highest BCUT2D eigenvalue weighted by molar-refractivity contribution is 9.08. The molecule has 1 atom stereocenters. The molecule has 0 bridgehead atoms. The zero-order chi connectivity index (χ0) is 20.9. The third kappa shape index (κ3) is 4.66. The maximum Gasteiger partial charge on any atom is 0.291 e. The fourth-order valence-electron chi connectivity index (χ4n) is 3.09. The fourth-order valence-corrected chi connectivity index (χ4v) is 4.38. The van der Waals surface area contributed by atoms with Crippen molar-refractivity contribution in [1.29, 1.82) is 0 Å². The minimum atomic E-state index is -0.825. The summed E-state index contributed by atoms with van der Waals surface area (Å²) in [7, 11) is 0. The van der Waals surface area contributed by atoms with Crippen LogP contribution in [0.25, 0.3) is 11.5 Å². The molecule has 1 aliphatic rings. The van der Waals surface area contributed by atoms with Crippen molar-refractivity contribution >= 4 is 38.8 Å². The monoisotopic (exact) mass is 486 g/mol. The van der Waals surface area contributed by atoms with Gasteiger partial charge in [0, 0.05) is 12.0 Å². The normalized spacial score (nSPS) is 16.4. The quantitative estimate of drug-likeness (QED) is 0.416. The van der Waals surface area contributed by atoms with E-state index in [0.717, 1.165) is 34.3 Å². The van der Waals surface area contributed by atoms with Crippen molar-refractivity contribution in [3.8, 4) is 11.5 Å². The van der Waals surface area contributed by atoms with Crippen molar-refractivity contribution < 1.29 is 18.7 Å². The molecular weight excluding hydrogens is 468 g/mol. The number of benzene rings is 2. The van der Waals surface area contributed by atoms with Crippen LogP contribution in [0.4, 0.5) is 4.79 Å². The van der Waals surface area contributed by atoms with E-state index < -0.39 is 5.44 Å². The SMILES string of the molecule is O=C1SC(OCCc2nc(-c3ccccc3)oc2CBr)C(=O)N1Cc1ccccc1. The number of halogens is 1. The molecule has 2 heterocycles. The van der Waals surface area contributed by atoms with Gasteiger partial charge in [0.05, 0.1) is 24.2 Å². The summed E-state index contributed by atoms with van der Waals surface area (Å²) in [5, 5.41) is 0.241. The van der Waals surface area contributed by atoms with Gasteiger partial charge in [-0.15, -0.1) is 0 Å². The third-order valence-electron chi connectivity index (χ3n) is 4.61. The van der Waals surface area contributed by atoms with Gasteiger partial charge in [-0.2, -0.15) is 0 Å². The van der Waals surface area contributed by atoms with Gasteiger partial charge in [-0.05, 0) is 29.5 Å². The molecule has 2 aromatic carbocycles. The van der Waals surface area contributed by atoms with Crippen molar-refractivity contribution in [1.82, 2.24) is 9.88 Å². The van der Waals surface area contributed by atoms with Crippen molar-refractivity contribution in [2.75, 3.05) is 6.61 Å². The predicted octanol–water partition coefficient (Wildman–Crippen LogP) is 5.02. The number of hydrogen-bond donors (Lipinski definition) is 0. The number of hydrogen-bond acceptors (Lipinski definition) is 6. The van der Waals surface area contributed by atoms with Gasteiger partial charge in [0.15, 0.2) is 5.44 Å². The summed E-state index contributed by atoms with van der Waals surface area (Å²) < 4.78 is 11.6. The summed E-state index contributed by atoms with van der Waals surface area (Å²) in [4.78, 5) is 30.6. The molecule has 0 N–H and O–H groups in total. The van der Waals surface area contributed by atoms with Crippen molar-refractivity contribution in [3.63, 3.8) is 0 Å². The number of alkyl halides is 1. The first-order valence-electron chi connectivity index (χ1n) is 9.43. The van der Waals surface area contributed by atoms with Crippen molar-refractivity contribution in [3.05, 3.63) is 77.7 Å². The highest BCUT2D eigenvalue weighted by Crippen LogP contribution is 2.30. The third-order valence-corrected chi connectivity index (χ3v) is 6.09. The van der Waals surface area contributed by atoms with Crippen LogP contribution < -0.4 is 0 Å². The number of amides is 2. The second-order valence-electron chi connectivity index (χ2n) is 6.64. The summed E-state index contributed by atoms with van der Waals surface area (Å²) >= 11 is 4.34. The molecule has 0 saturated carbocycles. The van der Waals surface area contributed by atoms with Gasteiger partial charge in [-0.3, -0.25) is 14.5 Å². The van der Waals surface area contributed by atoms with Gasteiger partial charge < -0.3 is 9.15 Å². The van der Waals surface area contributed by atoms with Crippen LogP contribution >= 0.6 is 27.7 Å². The number of carbonyl (C=O) groups excluding carboxylic acids is 2. The van der Waals surface area contributed by atoms with Crippen LogP contribution in [-0.2, 0) is 27.8 Å². The van der Waals surface area contributed by atoms with Gasteiger partial charge in [-0.1, -0.05) is 64.5 Å². The Morgan fingerprint density at radius 2 is 1.77 bits per heavy atom. The molecule has 8 heteroatoms. The molecule has 6 nitrogen and oxygen atoms in total. The van der Waals surface area contributed by atoms with E-state index in [0.29, 0.717) is 17.6 Å². The Morgan fingerprint density at radius 3 is 2.47 bits per heavy atom. The van der Waals surface area contributed by atoms with Gasteiger partial charge >= 0.3 is 0 Å². The zero-order valence-electron chi connectivity index (χ0n) is 16.0. The lowest BCUT2D eigenvalue weighted by Crippen LogP contribution is -2.32. The molecule has 4 rings (SSSR count). The first kappa shape index (κ1) is 20.8. The zero-order valence-corrected chi connectivity index (χ0v) is 18.4. The van der Waals surface area contributed by atoms with Gasteiger partial charge in [-0.25, -0.2) is 4.98 Å². The Bertz CT molecular complexity index is 1030. The number of oxazole rings is 1. The van der Waals surface area contributed by atoms with E-state index in [-0.39, 0.29) is 24.3 Å². The van der Waals surface area contributed by atoms with Crippen LogP contribution in [0.5, 0.6) is 0 Å². The number of aromatic nitrogens is 1. The van der Waals surface area contributed by atoms with Crippen molar-refractivity contribution in [2.45, 2.75) is 23.7 Å². The maximum atomic E-state index is 12.6. The number of thioether (sulfide) groups is 1. The molecule has 1 fully saturated rings. The van der Waals surface area contributed by atoms with Crippen LogP contribution in [0.3, 0.4) is 0 Å². The molecule has 1 aliphatic heterocycles. The predicted molar refractivity (Wildman–Crippen MR) is 118 cm³/mol. The molecule has 30 heavy (non-hydrogen) atoms. The van der Waals surface area contributed by atoms with E-state index in [1.165, 1.54) is 4.90 Å². The number of carbonyl (C=O) groups is 2. The lowest BCUT2D eigenvalue weighted by Gasteiger charge is -2.13. The summed E-state index contributed by atoms with van der Waals surface area (Å²) in [5.41, 5.74) is 1.75. The number of rotatable bonds is 8. The van der Waals surface area contributed by atoms with Crippen molar-refractivity contribution in [2.24, 2.45) is 0 Å². The molecule has 0 aliphatic carbocycles. The molecular formula is C22H19BrN2O4S. The molecule has 1 saturated heterocycles. The lowest BCUT2D eigenvalue weighted by atomic mass is 10.2. The average molecular weight is 487 g/mol. The molecule has 154 valence electrons. The minimum Gasteiger partial charge on any atom is -0.440 e. The summed E-state index contributed by atoms with van der Waals surface area (Å²) in [6, 6.07) is 19.1. The van der Waals surface area contributed by atoms with Crippen LogP contribution in [-0.4, -0.2) is 33.1 Å². The molecule has 0 spiro atoms. The second kappa shape index (κ2) is 9.59. The van der Waals surface area contributed by atoms with E-state index in [9.17, 15) is 9.59 Å². The standard InChI is InChI=1S/C22H19BrN2O4S/c23-13-18-17(24-19(29-18)16-9-5-2-6-10-16)11-12-28-21-20(26)25(22(27)30-21)14-15-7-3-1-4-8-15/h1-10,21H,11-14H2. The maximum absolute atomic E-state index is 12.6. The van der Waals surface area contributed by atoms with Crippen LogP contribution in [0, 0.1) is 0 Å². The van der Waals surface area contributed by atoms with E-state index in [2.05, 4.69) is 20.9 Å². The molecule has 1 aromatic heterocycles. The largest absolute Gasteiger partial charge is 0.440 e. The second-order valence-corrected chi connectivity index (χ2v) is 8.21. The molecule has 2 amide bonds. The fraction of sp³-hybridized carbons (Fsp3) is 0.227. The Labute approximate surface area is 186 Å². The smallest absolute Gasteiger partial charge is 0.291 e. The molecule has 3 aromatic rings. The summed E-state index contributed by atoms with van der Waals surface area (Å²) in [6.45, 7) is 0.513. The first-order chi connectivity index (χ1) is 14.7. The van der Waals surface area contributed by atoms with Crippen LogP contribution in [0.1, 0.15) is 17.0 Å². The number of ether oxygens (including phenoxy) is 1. The van der Waals surface area contributed by atoms with Gasteiger partial charge in [0.1, 0.15) is 5.76 Å². The first-order valence-corrected chi connectivity index (χ1v) is 11.4. The highest BCUT2D eigenvalue weighted by atomic mass is 79.9. The average Bonchev–Trinajstić information content (AvgIpc) is 3.31. The summed E-state index contributed by atoms with van der Waals surface area (Å²) in [5.74, 6) is 0.958. The topological polar surface area (TPSA) is 72.6 Å². The van der Waals surface area contributed by atoms with Gasteiger partial charge in [0.2, 0.25) is 5.89 Å². The Kier molecular flexibility index (Phi) is 6.66. The number of nitrogens with zero attached hydrogens (tertiary/aromatic N) is 2. The van der Waals surface area contributed by atoms with E-state index in [4.69, 9.17) is 9.15 Å². The van der Waals surface area contributed by atoms with Gasteiger partial charge in [0.25, 0.3) is 11.1 Å². The molecule has 0 radical (unpaired) electrons. The summed E-state index contributed by atoms with van der Waals surface area (Å²) in [6.07, 6.45) is 0.481. The van der Waals surface area contributed by atoms with E-state index in [1.54, 1.807) is 0 Å². The Hall–Kier alpha value is -2.42. The van der Waals surface area contributed by atoms with E-state index in [1.807, 2.05) is 60.7 Å². The molecule has 1 unspecified atom stereocenters.